The second kappa shape index (κ2) is 5.54. The summed E-state index contributed by atoms with van der Waals surface area (Å²) in [5.41, 5.74) is 1.14. The highest BCUT2D eigenvalue weighted by Gasteiger charge is 2.13. The zero-order valence-corrected chi connectivity index (χ0v) is 10.2. The molecule has 0 aliphatic heterocycles. The monoisotopic (exact) mass is 231 g/mol. The van der Waals surface area contributed by atoms with Gasteiger partial charge in [0, 0.05) is 38.1 Å². The molecule has 0 aromatic carbocycles. The van der Waals surface area contributed by atoms with Crippen molar-refractivity contribution in [3.05, 3.63) is 42.2 Å². The minimum Gasteiger partial charge on any atom is -0.338 e. The Hall–Kier alpha value is -1.75. The maximum Gasteiger partial charge on any atom is 0.110 e. The van der Waals surface area contributed by atoms with Gasteiger partial charge in [0.25, 0.3) is 0 Å². The predicted molar refractivity (Wildman–Crippen MR) is 65.4 cm³/mol. The molecule has 0 radical (unpaired) electrons. The van der Waals surface area contributed by atoms with E-state index in [0.29, 0.717) is 0 Å². The van der Waals surface area contributed by atoms with Crippen molar-refractivity contribution in [1.29, 1.82) is 0 Å². The van der Waals surface area contributed by atoms with E-state index in [0.717, 1.165) is 24.4 Å². The summed E-state index contributed by atoms with van der Waals surface area (Å²) in [5, 5.41) is 11.2. The molecule has 1 atom stereocenters. The number of nitrogens with zero attached hydrogens (tertiary/aromatic N) is 4. The summed E-state index contributed by atoms with van der Waals surface area (Å²) in [5.74, 6) is 1.06. The Morgan fingerprint density at radius 2 is 2.24 bits per heavy atom. The molecular formula is C12H17N5. The van der Waals surface area contributed by atoms with Crippen LogP contribution in [0.15, 0.2) is 30.9 Å². The highest BCUT2D eigenvalue weighted by atomic mass is 15.1. The average molecular weight is 231 g/mol. The first-order valence-corrected chi connectivity index (χ1v) is 5.77. The van der Waals surface area contributed by atoms with Crippen LogP contribution >= 0.6 is 0 Å². The first kappa shape index (κ1) is 11.7. The SMILES string of the molecule is CCNC(Cc1nccn1C)c1ccnnc1. The first-order chi connectivity index (χ1) is 8.31. The Bertz CT molecular complexity index is 451. The molecule has 2 aromatic heterocycles. The molecule has 2 aromatic rings. The Labute approximate surface area is 101 Å². The van der Waals surface area contributed by atoms with Gasteiger partial charge in [0.05, 0.1) is 6.20 Å². The van der Waals surface area contributed by atoms with E-state index in [1.165, 1.54) is 0 Å². The van der Waals surface area contributed by atoms with Crippen LogP contribution in [0.25, 0.3) is 0 Å². The Balaban J connectivity index is 2.16. The summed E-state index contributed by atoms with van der Waals surface area (Å²) >= 11 is 0. The van der Waals surface area contributed by atoms with Gasteiger partial charge in [-0.2, -0.15) is 10.2 Å². The summed E-state index contributed by atoms with van der Waals surface area (Å²) in [6.07, 6.45) is 8.16. The third-order valence-electron chi connectivity index (χ3n) is 2.77. The molecule has 0 spiro atoms. The lowest BCUT2D eigenvalue weighted by Crippen LogP contribution is -2.24. The van der Waals surface area contributed by atoms with Crippen LogP contribution in [-0.2, 0) is 13.5 Å². The van der Waals surface area contributed by atoms with Gasteiger partial charge in [-0.15, -0.1) is 0 Å². The van der Waals surface area contributed by atoms with E-state index < -0.39 is 0 Å². The molecule has 2 rings (SSSR count). The predicted octanol–water partition coefficient (Wildman–Crippen LogP) is 1.10. The third kappa shape index (κ3) is 2.88. The molecule has 0 amide bonds. The topological polar surface area (TPSA) is 55.6 Å². The van der Waals surface area contributed by atoms with Crippen LogP contribution in [0.5, 0.6) is 0 Å². The van der Waals surface area contributed by atoms with E-state index in [2.05, 4.69) is 27.4 Å². The number of imidazole rings is 1. The van der Waals surface area contributed by atoms with Gasteiger partial charge in [0.15, 0.2) is 0 Å². The van der Waals surface area contributed by atoms with Crippen LogP contribution < -0.4 is 5.32 Å². The number of aromatic nitrogens is 4. The molecular weight excluding hydrogens is 214 g/mol. The molecule has 0 saturated carbocycles. The Kier molecular flexibility index (Phi) is 3.82. The van der Waals surface area contributed by atoms with Crippen molar-refractivity contribution < 1.29 is 0 Å². The van der Waals surface area contributed by atoms with E-state index in [1.54, 1.807) is 12.4 Å². The van der Waals surface area contributed by atoms with Crippen molar-refractivity contribution in [2.45, 2.75) is 19.4 Å². The van der Waals surface area contributed by atoms with Gasteiger partial charge in [0.2, 0.25) is 0 Å². The lowest BCUT2D eigenvalue weighted by Gasteiger charge is -2.17. The molecule has 17 heavy (non-hydrogen) atoms. The molecule has 0 aliphatic carbocycles. The summed E-state index contributed by atoms with van der Waals surface area (Å²) < 4.78 is 2.04. The van der Waals surface area contributed by atoms with Gasteiger partial charge in [-0.3, -0.25) is 0 Å². The van der Waals surface area contributed by atoms with Crippen LogP contribution in [0.3, 0.4) is 0 Å². The Morgan fingerprint density at radius 1 is 1.35 bits per heavy atom. The van der Waals surface area contributed by atoms with Crippen LogP contribution in [0.1, 0.15) is 24.4 Å². The summed E-state index contributed by atoms with van der Waals surface area (Å²) in [4.78, 5) is 4.35. The molecule has 1 unspecified atom stereocenters. The van der Waals surface area contributed by atoms with Gasteiger partial charge in [-0.1, -0.05) is 6.92 Å². The molecule has 5 nitrogen and oxygen atoms in total. The van der Waals surface area contributed by atoms with Crippen LogP contribution in [0, 0.1) is 0 Å². The molecule has 2 heterocycles. The van der Waals surface area contributed by atoms with Crippen molar-refractivity contribution in [3.8, 4) is 0 Å². The van der Waals surface area contributed by atoms with Gasteiger partial charge in [-0.05, 0) is 18.2 Å². The standard InChI is InChI=1S/C12H17N5/c1-3-13-11(10-4-5-15-16-9-10)8-12-14-6-7-17(12)2/h4-7,9,11,13H,3,8H2,1-2H3. The van der Waals surface area contributed by atoms with E-state index in [1.807, 2.05) is 30.1 Å². The van der Waals surface area contributed by atoms with Gasteiger partial charge in [-0.25, -0.2) is 4.98 Å². The van der Waals surface area contributed by atoms with Crippen molar-refractivity contribution in [1.82, 2.24) is 25.1 Å². The van der Waals surface area contributed by atoms with Crippen LogP contribution in [0.2, 0.25) is 0 Å². The van der Waals surface area contributed by atoms with E-state index in [9.17, 15) is 0 Å². The van der Waals surface area contributed by atoms with Crippen molar-refractivity contribution in [3.63, 3.8) is 0 Å². The zero-order chi connectivity index (χ0) is 12.1. The quantitative estimate of drug-likeness (QED) is 0.837. The highest BCUT2D eigenvalue weighted by Crippen LogP contribution is 2.15. The van der Waals surface area contributed by atoms with E-state index in [-0.39, 0.29) is 6.04 Å². The maximum atomic E-state index is 4.35. The van der Waals surface area contributed by atoms with Crippen molar-refractivity contribution >= 4 is 0 Å². The molecule has 0 aliphatic rings. The molecule has 1 N–H and O–H groups in total. The fourth-order valence-corrected chi connectivity index (χ4v) is 1.84. The summed E-state index contributed by atoms with van der Waals surface area (Å²) in [6.45, 7) is 3.01. The Morgan fingerprint density at radius 3 is 2.82 bits per heavy atom. The number of likely N-dealkylation sites (N-methyl/N-ethyl adjacent to an activating group) is 1. The largest absolute Gasteiger partial charge is 0.338 e. The lowest BCUT2D eigenvalue weighted by atomic mass is 10.1. The number of rotatable bonds is 5. The average Bonchev–Trinajstić information content (AvgIpc) is 2.76. The van der Waals surface area contributed by atoms with Crippen molar-refractivity contribution in [2.24, 2.45) is 7.05 Å². The van der Waals surface area contributed by atoms with E-state index in [4.69, 9.17) is 0 Å². The number of hydrogen-bond donors (Lipinski definition) is 1. The number of nitrogens with one attached hydrogen (secondary N) is 1. The van der Waals surface area contributed by atoms with Crippen molar-refractivity contribution in [2.75, 3.05) is 6.54 Å². The second-order valence-electron chi connectivity index (χ2n) is 3.94. The first-order valence-electron chi connectivity index (χ1n) is 5.77. The fraction of sp³-hybridized carbons (Fsp3) is 0.417. The smallest absolute Gasteiger partial charge is 0.110 e. The third-order valence-corrected chi connectivity index (χ3v) is 2.77. The normalized spacial score (nSPS) is 12.6. The minimum atomic E-state index is 0.233. The van der Waals surface area contributed by atoms with Gasteiger partial charge < -0.3 is 9.88 Å². The number of hydrogen-bond acceptors (Lipinski definition) is 4. The zero-order valence-electron chi connectivity index (χ0n) is 10.2. The summed E-state index contributed by atoms with van der Waals surface area (Å²) in [6, 6.07) is 2.22. The molecule has 90 valence electrons. The van der Waals surface area contributed by atoms with Gasteiger partial charge in [0.1, 0.15) is 5.82 Å². The fourth-order valence-electron chi connectivity index (χ4n) is 1.84. The van der Waals surface area contributed by atoms with E-state index >= 15 is 0 Å². The van der Waals surface area contributed by atoms with Gasteiger partial charge >= 0.3 is 0 Å². The minimum absolute atomic E-state index is 0.233. The highest BCUT2D eigenvalue weighted by molar-refractivity contribution is 5.14. The molecule has 0 bridgehead atoms. The van der Waals surface area contributed by atoms with Crippen LogP contribution in [0.4, 0.5) is 0 Å². The number of aryl methyl sites for hydroxylation is 1. The lowest BCUT2D eigenvalue weighted by molar-refractivity contribution is 0.526. The second-order valence-corrected chi connectivity index (χ2v) is 3.94. The summed E-state index contributed by atoms with van der Waals surface area (Å²) in [7, 11) is 2.01. The maximum absolute atomic E-state index is 4.35. The molecule has 0 saturated heterocycles. The van der Waals surface area contributed by atoms with Crippen LogP contribution in [-0.4, -0.2) is 26.3 Å². The molecule has 0 fully saturated rings. The molecule has 5 heteroatoms.